The second-order valence-corrected chi connectivity index (χ2v) is 6.07. The van der Waals surface area contributed by atoms with Gasteiger partial charge < -0.3 is 10.2 Å². The normalized spacial score (nSPS) is 10.9. The lowest BCUT2D eigenvalue weighted by Crippen LogP contribution is -2.23. The fourth-order valence-corrected chi connectivity index (χ4v) is 2.03. The van der Waals surface area contributed by atoms with E-state index in [9.17, 15) is 0 Å². The van der Waals surface area contributed by atoms with E-state index in [1.54, 1.807) is 0 Å². The maximum atomic E-state index is 8.67. The SMILES string of the molecule is Cc1ccc(NCC(C)(C)CCC#N)cc1N(C)C. The van der Waals surface area contributed by atoms with Crippen LogP contribution in [-0.4, -0.2) is 20.6 Å². The maximum Gasteiger partial charge on any atom is 0.0621 e. The molecule has 1 aromatic rings. The third kappa shape index (κ3) is 4.82. The summed E-state index contributed by atoms with van der Waals surface area (Å²) in [6, 6.07) is 8.65. The van der Waals surface area contributed by atoms with Crippen LogP contribution in [0.1, 0.15) is 32.3 Å². The van der Waals surface area contributed by atoms with Crippen molar-refractivity contribution in [3.05, 3.63) is 23.8 Å². The summed E-state index contributed by atoms with van der Waals surface area (Å²) >= 11 is 0. The van der Waals surface area contributed by atoms with Crippen LogP contribution < -0.4 is 10.2 Å². The molecule has 104 valence electrons. The van der Waals surface area contributed by atoms with E-state index in [1.807, 2.05) is 0 Å². The Morgan fingerprint density at radius 2 is 2.00 bits per heavy atom. The molecule has 0 aromatic heterocycles. The van der Waals surface area contributed by atoms with Crippen LogP contribution in [0.25, 0.3) is 0 Å². The van der Waals surface area contributed by atoms with Gasteiger partial charge in [-0.3, -0.25) is 0 Å². The van der Waals surface area contributed by atoms with Gasteiger partial charge in [-0.25, -0.2) is 0 Å². The summed E-state index contributed by atoms with van der Waals surface area (Å²) in [5, 5.41) is 12.1. The number of aryl methyl sites for hydroxylation is 1. The Morgan fingerprint density at radius 3 is 2.58 bits per heavy atom. The largest absolute Gasteiger partial charge is 0.384 e. The van der Waals surface area contributed by atoms with E-state index in [0.29, 0.717) is 6.42 Å². The van der Waals surface area contributed by atoms with Crippen molar-refractivity contribution in [3.63, 3.8) is 0 Å². The van der Waals surface area contributed by atoms with Crippen molar-refractivity contribution < 1.29 is 0 Å². The predicted octanol–water partition coefficient (Wildman–Crippen LogP) is 3.80. The molecular weight excluding hydrogens is 234 g/mol. The highest BCUT2D eigenvalue weighted by Gasteiger charge is 2.17. The summed E-state index contributed by atoms with van der Waals surface area (Å²) in [7, 11) is 4.12. The minimum absolute atomic E-state index is 0.138. The van der Waals surface area contributed by atoms with Crippen LogP contribution in [0.15, 0.2) is 18.2 Å². The van der Waals surface area contributed by atoms with Crippen molar-refractivity contribution >= 4 is 11.4 Å². The minimum Gasteiger partial charge on any atom is -0.384 e. The molecule has 0 amide bonds. The number of nitrogens with zero attached hydrogens (tertiary/aromatic N) is 2. The molecule has 19 heavy (non-hydrogen) atoms. The highest BCUT2D eigenvalue weighted by Crippen LogP contribution is 2.26. The average molecular weight is 259 g/mol. The summed E-state index contributed by atoms with van der Waals surface area (Å²) in [5.41, 5.74) is 3.79. The van der Waals surface area contributed by atoms with Crippen molar-refractivity contribution in [2.75, 3.05) is 30.9 Å². The second kappa shape index (κ2) is 6.47. The molecule has 0 unspecified atom stereocenters. The van der Waals surface area contributed by atoms with Crippen molar-refractivity contribution in [1.29, 1.82) is 5.26 Å². The first-order valence-electron chi connectivity index (χ1n) is 6.74. The minimum atomic E-state index is 0.138. The van der Waals surface area contributed by atoms with Gasteiger partial charge in [0.2, 0.25) is 0 Å². The van der Waals surface area contributed by atoms with Crippen LogP contribution in [0.2, 0.25) is 0 Å². The van der Waals surface area contributed by atoms with Gasteiger partial charge in [0, 0.05) is 38.4 Å². The lowest BCUT2D eigenvalue weighted by atomic mass is 9.88. The Labute approximate surface area is 117 Å². The van der Waals surface area contributed by atoms with Gasteiger partial charge >= 0.3 is 0 Å². The number of nitriles is 1. The molecule has 0 aliphatic heterocycles. The zero-order valence-corrected chi connectivity index (χ0v) is 12.7. The standard InChI is InChI=1S/C16H25N3/c1-13-7-8-14(11-15(13)19(4)5)18-12-16(2,3)9-6-10-17/h7-8,11,18H,6,9,12H2,1-5H3. The zero-order valence-electron chi connectivity index (χ0n) is 12.7. The molecule has 0 heterocycles. The first-order chi connectivity index (χ1) is 8.85. The molecule has 3 heteroatoms. The van der Waals surface area contributed by atoms with Crippen LogP contribution in [-0.2, 0) is 0 Å². The van der Waals surface area contributed by atoms with Gasteiger partial charge in [-0.15, -0.1) is 0 Å². The molecule has 0 aliphatic carbocycles. The lowest BCUT2D eigenvalue weighted by molar-refractivity contribution is 0.364. The summed E-state index contributed by atoms with van der Waals surface area (Å²) in [5.74, 6) is 0. The zero-order chi connectivity index (χ0) is 14.5. The van der Waals surface area contributed by atoms with Crippen molar-refractivity contribution in [2.45, 2.75) is 33.6 Å². The molecule has 0 radical (unpaired) electrons. The van der Waals surface area contributed by atoms with Gasteiger partial charge in [0.15, 0.2) is 0 Å². The molecule has 0 spiro atoms. The molecule has 0 saturated carbocycles. The Hall–Kier alpha value is -1.69. The summed E-state index contributed by atoms with van der Waals surface area (Å²) in [6.07, 6.45) is 1.54. The van der Waals surface area contributed by atoms with E-state index in [0.717, 1.165) is 18.7 Å². The van der Waals surface area contributed by atoms with E-state index in [2.05, 4.69) is 69.4 Å². The van der Waals surface area contributed by atoms with E-state index in [-0.39, 0.29) is 5.41 Å². The molecular formula is C16H25N3. The highest BCUT2D eigenvalue weighted by molar-refractivity contribution is 5.61. The molecule has 1 N–H and O–H groups in total. The van der Waals surface area contributed by atoms with Gasteiger partial charge in [0.25, 0.3) is 0 Å². The quantitative estimate of drug-likeness (QED) is 0.844. The number of hydrogen-bond acceptors (Lipinski definition) is 3. The molecule has 0 atom stereocenters. The van der Waals surface area contributed by atoms with Gasteiger partial charge in [0.1, 0.15) is 0 Å². The number of hydrogen-bond donors (Lipinski definition) is 1. The Balaban J connectivity index is 2.68. The number of anilines is 2. The molecule has 0 bridgehead atoms. The number of benzene rings is 1. The Kier molecular flexibility index (Phi) is 5.23. The Bertz CT molecular complexity index is 456. The molecule has 0 aliphatic rings. The van der Waals surface area contributed by atoms with Crippen LogP contribution in [0.5, 0.6) is 0 Å². The summed E-state index contributed by atoms with van der Waals surface area (Å²) < 4.78 is 0. The van der Waals surface area contributed by atoms with E-state index < -0.39 is 0 Å². The van der Waals surface area contributed by atoms with Crippen LogP contribution in [0.4, 0.5) is 11.4 Å². The molecule has 1 aromatic carbocycles. The van der Waals surface area contributed by atoms with Crippen molar-refractivity contribution in [3.8, 4) is 6.07 Å². The van der Waals surface area contributed by atoms with Crippen LogP contribution in [0, 0.1) is 23.7 Å². The first-order valence-corrected chi connectivity index (χ1v) is 6.74. The average Bonchev–Trinajstić information content (AvgIpc) is 2.35. The van der Waals surface area contributed by atoms with Crippen molar-refractivity contribution in [1.82, 2.24) is 0 Å². The summed E-state index contributed by atoms with van der Waals surface area (Å²) in [4.78, 5) is 2.13. The predicted molar refractivity (Wildman–Crippen MR) is 82.6 cm³/mol. The van der Waals surface area contributed by atoms with E-state index in [4.69, 9.17) is 5.26 Å². The number of rotatable bonds is 6. The van der Waals surface area contributed by atoms with Gasteiger partial charge in [-0.1, -0.05) is 19.9 Å². The molecule has 3 nitrogen and oxygen atoms in total. The maximum absolute atomic E-state index is 8.67. The van der Waals surface area contributed by atoms with Gasteiger partial charge in [-0.05, 0) is 36.5 Å². The Morgan fingerprint density at radius 1 is 1.32 bits per heavy atom. The number of nitrogens with one attached hydrogen (secondary N) is 1. The highest BCUT2D eigenvalue weighted by atomic mass is 15.1. The first kappa shape index (κ1) is 15.4. The third-order valence-corrected chi connectivity index (χ3v) is 3.38. The van der Waals surface area contributed by atoms with Crippen LogP contribution in [0.3, 0.4) is 0 Å². The molecule has 0 fully saturated rings. The van der Waals surface area contributed by atoms with E-state index >= 15 is 0 Å². The smallest absolute Gasteiger partial charge is 0.0621 e. The summed E-state index contributed by atoms with van der Waals surface area (Å²) in [6.45, 7) is 7.39. The van der Waals surface area contributed by atoms with E-state index in [1.165, 1.54) is 11.3 Å². The fourth-order valence-electron chi connectivity index (χ4n) is 2.03. The van der Waals surface area contributed by atoms with Gasteiger partial charge in [0.05, 0.1) is 6.07 Å². The topological polar surface area (TPSA) is 39.1 Å². The lowest BCUT2D eigenvalue weighted by Gasteiger charge is -2.25. The fraction of sp³-hybridized carbons (Fsp3) is 0.562. The third-order valence-electron chi connectivity index (χ3n) is 3.38. The molecule has 0 saturated heterocycles. The van der Waals surface area contributed by atoms with Crippen molar-refractivity contribution in [2.24, 2.45) is 5.41 Å². The second-order valence-electron chi connectivity index (χ2n) is 6.07. The van der Waals surface area contributed by atoms with Crippen LogP contribution >= 0.6 is 0 Å². The molecule has 1 rings (SSSR count). The van der Waals surface area contributed by atoms with Gasteiger partial charge in [-0.2, -0.15) is 5.26 Å². The monoisotopic (exact) mass is 259 g/mol.